The van der Waals surface area contributed by atoms with Crippen molar-refractivity contribution in [2.24, 2.45) is 5.92 Å². The zero-order chi connectivity index (χ0) is 21.5. The van der Waals surface area contributed by atoms with Crippen LogP contribution in [0.15, 0.2) is 48.5 Å². The van der Waals surface area contributed by atoms with Crippen LogP contribution < -0.4 is 20.1 Å². The third-order valence-electron chi connectivity index (χ3n) is 4.41. The molecule has 0 saturated carbocycles. The van der Waals surface area contributed by atoms with Crippen LogP contribution in [0.5, 0.6) is 11.5 Å². The van der Waals surface area contributed by atoms with Crippen LogP contribution in [0.4, 0.5) is 5.69 Å². The minimum absolute atomic E-state index is 0.217. The van der Waals surface area contributed by atoms with Gasteiger partial charge in [-0.25, -0.2) is 4.79 Å². The summed E-state index contributed by atoms with van der Waals surface area (Å²) in [4.78, 5) is 37.0. The van der Waals surface area contributed by atoms with Gasteiger partial charge in [-0.3, -0.25) is 9.59 Å². The van der Waals surface area contributed by atoms with Crippen LogP contribution in [0.3, 0.4) is 0 Å². The summed E-state index contributed by atoms with van der Waals surface area (Å²) in [6, 6.07) is 12.7. The monoisotopic (exact) mass is 412 g/mol. The van der Waals surface area contributed by atoms with Gasteiger partial charge in [0.1, 0.15) is 19.3 Å². The predicted octanol–water partition coefficient (Wildman–Crippen LogP) is 2.39. The molecule has 0 unspecified atom stereocenters. The minimum Gasteiger partial charge on any atom is -0.486 e. The molecule has 2 amide bonds. The van der Waals surface area contributed by atoms with Crippen LogP contribution in [0.2, 0.25) is 0 Å². The third-order valence-corrected chi connectivity index (χ3v) is 4.41. The molecule has 0 aromatic heterocycles. The van der Waals surface area contributed by atoms with Gasteiger partial charge in [0.2, 0.25) is 0 Å². The second-order valence-corrected chi connectivity index (χ2v) is 7.08. The molecule has 0 aliphatic carbocycles. The first-order valence-corrected chi connectivity index (χ1v) is 9.66. The maximum absolute atomic E-state index is 12.4. The number of rotatable bonds is 7. The van der Waals surface area contributed by atoms with E-state index in [9.17, 15) is 14.4 Å². The van der Waals surface area contributed by atoms with Crippen LogP contribution >= 0.6 is 0 Å². The molecule has 30 heavy (non-hydrogen) atoms. The van der Waals surface area contributed by atoms with E-state index in [2.05, 4.69) is 10.6 Å². The Morgan fingerprint density at radius 2 is 1.70 bits per heavy atom. The highest BCUT2D eigenvalue weighted by atomic mass is 16.6. The van der Waals surface area contributed by atoms with Crippen molar-refractivity contribution in [1.29, 1.82) is 0 Å². The summed E-state index contributed by atoms with van der Waals surface area (Å²) in [5, 5.41) is 5.31. The molecule has 0 fully saturated rings. The highest BCUT2D eigenvalue weighted by molar-refractivity contribution is 5.97. The van der Waals surface area contributed by atoms with Crippen molar-refractivity contribution in [2.75, 3.05) is 25.1 Å². The number of nitrogens with one attached hydrogen (secondary N) is 2. The number of hydrogen-bond acceptors (Lipinski definition) is 6. The Morgan fingerprint density at radius 3 is 2.40 bits per heavy atom. The van der Waals surface area contributed by atoms with Crippen molar-refractivity contribution in [2.45, 2.75) is 19.9 Å². The molecule has 3 rings (SSSR count). The Kier molecular flexibility index (Phi) is 6.90. The van der Waals surface area contributed by atoms with Gasteiger partial charge in [-0.15, -0.1) is 0 Å². The number of esters is 1. The van der Waals surface area contributed by atoms with E-state index in [0.717, 1.165) is 0 Å². The van der Waals surface area contributed by atoms with Gasteiger partial charge in [0.15, 0.2) is 18.1 Å². The van der Waals surface area contributed by atoms with Gasteiger partial charge in [-0.2, -0.15) is 0 Å². The fourth-order valence-electron chi connectivity index (χ4n) is 2.86. The van der Waals surface area contributed by atoms with Crippen molar-refractivity contribution in [3.05, 3.63) is 54.1 Å². The molecule has 8 nitrogen and oxygen atoms in total. The summed E-state index contributed by atoms with van der Waals surface area (Å²) in [6.07, 6.45) is 0. The number of benzene rings is 2. The maximum atomic E-state index is 12.4. The second kappa shape index (κ2) is 9.78. The van der Waals surface area contributed by atoms with E-state index in [4.69, 9.17) is 14.2 Å². The fraction of sp³-hybridized carbons (Fsp3) is 0.318. The highest BCUT2D eigenvalue weighted by Crippen LogP contribution is 2.32. The molecule has 2 N–H and O–H groups in total. The van der Waals surface area contributed by atoms with Gasteiger partial charge < -0.3 is 24.8 Å². The highest BCUT2D eigenvalue weighted by Gasteiger charge is 2.26. The van der Waals surface area contributed by atoms with E-state index in [1.807, 2.05) is 0 Å². The van der Waals surface area contributed by atoms with E-state index >= 15 is 0 Å². The summed E-state index contributed by atoms with van der Waals surface area (Å²) >= 11 is 0. The summed E-state index contributed by atoms with van der Waals surface area (Å²) in [7, 11) is 0. The van der Waals surface area contributed by atoms with Crippen molar-refractivity contribution in [1.82, 2.24) is 5.32 Å². The Labute approximate surface area is 174 Å². The molecule has 2 aromatic rings. The summed E-state index contributed by atoms with van der Waals surface area (Å²) in [5.74, 6) is -0.624. The Balaban J connectivity index is 1.53. The Bertz CT molecular complexity index is 913. The first-order chi connectivity index (χ1) is 14.4. The zero-order valence-corrected chi connectivity index (χ0v) is 16.8. The molecule has 1 atom stereocenters. The van der Waals surface area contributed by atoms with Crippen molar-refractivity contribution in [3.8, 4) is 11.5 Å². The lowest BCUT2D eigenvalue weighted by molar-refractivity contribution is -0.150. The van der Waals surface area contributed by atoms with Crippen molar-refractivity contribution >= 4 is 23.5 Å². The maximum Gasteiger partial charge on any atom is 0.329 e. The van der Waals surface area contributed by atoms with Crippen LogP contribution in [0.1, 0.15) is 24.2 Å². The number of carbonyl (C=O) groups is 3. The molecule has 1 aliphatic heterocycles. The van der Waals surface area contributed by atoms with Gasteiger partial charge >= 0.3 is 5.97 Å². The zero-order valence-electron chi connectivity index (χ0n) is 16.8. The van der Waals surface area contributed by atoms with Crippen LogP contribution in [0.25, 0.3) is 0 Å². The van der Waals surface area contributed by atoms with E-state index < -0.39 is 24.5 Å². The number of fused-ring (bicyclic) bond motifs is 1. The first kappa shape index (κ1) is 21.2. The lowest BCUT2D eigenvalue weighted by Gasteiger charge is -2.21. The minimum atomic E-state index is -0.875. The lowest BCUT2D eigenvalue weighted by Crippen LogP contribution is -2.45. The van der Waals surface area contributed by atoms with E-state index in [1.165, 1.54) is 0 Å². The molecule has 1 aliphatic rings. The van der Waals surface area contributed by atoms with Crippen molar-refractivity contribution < 1.29 is 28.6 Å². The molecule has 0 saturated heterocycles. The molecular formula is C22H24N2O6. The smallest absolute Gasteiger partial charge is 0.329 e. The van der Waals surface area contributed by atoms with Gasteiger partial charge in [0.05, 0.1) is 0 Å². The number of ether oxygens (including phenoxy) is 3. The molecule has 2 aromatic carbocycles. The van der Waals surface area contributed by atoms with Crippen LogP contribution in [0, 0.1) is 5.92 Å². The average molecular weight is 412 g/mol. The standard InChI is InChI=1S/C22H24N2O6/c1-14(2)20(24-21(26)15-6-4-3-5-7-15)22(27)30-13-19(25)23-16-8-9-17-18(12-16)29-11-10-28-17/h3-9,12,14,20H,10-11,13H2,1-2H3,(H,23,25)(H,24,26)/t20-/m0/s1. The molecule has 0 bridgehead atoms. The predicted molar refractivity (Wildman–Crippen MR) is 110 cm³/mol. The number of carbonyl (C=O) groups excluding carboxylic acids is 3. The fourth-order valence-corrected chi connectivity index (χ4v) is 2.86. The molecular weight excluding hydrogens is 388 g/mol. The Hall–Kier alpha value is -3.55. The molecule has 0 spiro atoms. The second-order valence-electron chi connectivity index (χ2n) is 7.08. The molecule has 158 valence electrons. The van der Waals surface area contributed by atoms with Crippen molar-refractivity contribution in [3.63, 3.8) is 0 Å². The summed E-state index contributed by atoms with van der Waals surface area (Å²) < 4.78 is 16.0. The first-order valence-electron chi connectivity index (χ1n) is 9.66. The third kappa shape index (κ3) is 5.50. The Morgan fingerprint density at radius 1 is 1.00 bits per heavy atom. The lowest BCUT2D eigenvalue weighted by atomic mass is 10.0. The summed E-state index contributed by atoms with van der Waals surface area (Å²) in [5.41, 5.74) is 0.936. The van der Waals surface area contributed by atoms with E-state index in [0.29, 0.717) is 36.0 Å². The van der Waals surface area contributed by atoms with Gasteiger partial charge in [-0.05, 0) is 30.2 Å². The van der Waals surface area contributed by atoms with Gasteiger partial charge in [-0.1, -0.05) is 32.0 Å². The number of hydrogen-bond donors (Lipinski definition) is 2. The van der Waals surface area contributed by atoms with Crippen LogP contribution in [-0.4, -0.2) is 43.6 Å². The number of anilines is 1. The molecule has 1 heterocycles. The van der Waals surface area contributed by atoms with Gasteiger partial charge in [0.25, 0.3) is 11.8 Å². The SMILES string of the molecule is CC(C)[C@H](NC(=O)c1ccccc1)C(=O)OCC(=O)Nc1ccc2c(c1)OCCO2. The molecule has 0 radical (unpaired) electrons. The van der Waals surface area contributed by atoms with Gasteiger partial charge in [0, 0.05) is 17.3 Å². The average Bonchev–Trinajstić information content (AvgIpc) is 2.76. The molecule has 8 heteroatoms. The van der Waals surface area contributed by atoms with E-state index in [1.54, 1.807) is 62.4 Å². The number of amides is 2. The van der Waals surface area contributed by atoms with E-state index in [-0.39, 0.29) is 11.8 Å². The quantitative estimate of drug-likeness (QED) is 0.677. The topological polar surface area (TPSA) is 103 Å². The largest absolute Gasteiger partial charge is 0.486 e. The normalized spacial score (nSPS) is 13.3. The summed E-state index contributed by atoms with van der Waals surface area (Å²) in [6.45, 7) is 4.01. The van der Waals surface area contributed by atoms with Crippen LogP contribution in [-0.2, 0) is 14.3 Å².